The molecular formula is C19H33IN4O3. The Balaban J connectivity index is 0.00000364. The van der Waals surface area contributed by atoms with Gasteiger partial charge in [0.1, 0.15) is 0 Å². The molecule has 1 aliphatic heterocycles. The molecule has 0 amide bonds. The van der Waals surface area contributed by atoms with E-state index in [0.29, 0.717) is 18.3 Å². The summed E-state index contributed by atoms with van der Waals surface area (Å²) in [6.07, 6.45) is 3.19. The first-order valence-electron chi connectivity index (χ1n) is 9.49. The minimum Gasteiger partial charge on any atom is -0.481 e. The molecule has 0 bridgehead atoms. The number of guanidine groups is 1. The Hall–Kier alpha value is -1.13. The maximum Gasteiger partial charge on any atom is 0.213 e. The molecule has 1 saturated heterocycles. The minimum absolute atomic E-state index is 0. The molecule has 8 heteroatoms. The molecule has 7 nitrogen and oxygen atoms in total. The lowest BCUT2D eigenvalue weighted by atomic mass is 10.0. The van der Waals surface area contributed by atoms with Gasteiger partial charge in [-0.2, -0.15) is 0 Å². The number of hydrogen-bond donors (Lipinski definition) is 2. The third-order valence-corrected chi connectivity index (χ3v) is 4.19. The Kier molecular flexibility index (Phi) is 13.2. The normalized spacial score (nSPS) is 15.1. The van der Waals surface area contributed by atoms with E-state index in [2.05, 4.69) is 27.5 Å². The van der Waals surface area contributed by atoms with Crippen LogP contribution in [0.25, 0.3) is 0 Å². The predicted octanol–water partition coefficient (Wildman–Crippen LogP) is 2.60. The fourth-order valence-corrected chi connectivity index (χ4v) is 2.71. The molecule has 0 radical (unpaired) electrons. The summed E-state index contributed by atoms with van der Waals surface area (Å²) in [7, 11) is 1.62. The molecule has 1 aliphatic rings. The number of ether oxygens (including phenoxy) is 3. The van der Waals surface area contributed by atoms with Crippen LogP contribution in [0.2, 0.25) is 0 Å². The molecule has 1 aromatic rings. The molecule has 1 fully saturated rings. The third-order valence-electron chi connectivity index (χ3n) is 4.19. The first kappa shape index (κ1) is 23.9. The van der Waals surface area contributed by atoms with E-state index in [9.17, 15) is 0 Å². The zero-order valence-corrected chi connectivity index (χ0v) is 18.7. The van der Waals surface area contributed by atoms with Crippen molar-refractivity contribution < 1.29 is 14.2 Å². The maximum absolute atomic E-state index is 5.79. The second-order valence-corrected chi connectivity index (χ2v) is 6.28. The van der Waals surface area contributed by atoms with Gasteiger partial charge in [0, 0.05) is 45.6 Å². The van der Waals surface area contributed by atoms with Crippen LogP contribution in [0.5, 0.6) is 5.88 Å². The van der Waals surface area contributed by atoms with E-state index in [1.54, 1.807) is 7.11 Å². The highest BCUT2D eigenvalue weighted by atomic mass is 127. The van der Waals surface area contributed by atoms with Crippen LogP contribution in [-0.2, 0) is 16.0 Å². The van der Waals surface area contributed by atoms with Crippen LogP contribution in [0.4, 0.5) is 0 Å². The molecular weight excluding hydrogens is 459 g/mol. The van der Waals surface area contributed by atoms with E-state index in [1.807, 2.05) is 18.2 Å². The van der Waals surface area contributed by atoms with Gasteiger partial charge in [0.15, 0.2) is 5.96 Å². The third kappa shape index (κ3) is 10.1. The van der Waals surface area contributed by atoms with Crippen LogP contribution in [0.3, 0.4) is 0 Å². The van der Waals surface area contributed by atoms with E-state index in [1.165, 1.54) is 0 Å². The predicted molar refractivity (Wildman–Crippen MR) is 118 cm³/mol. The second-order valence-electron chi connectivity index (χ2n) is 6.28. The summed E-state index contributed by atoms with van der Waals surface area (Å²) < 4.78 is 16.3. The van der Waals surface area contributed by atoms with Crippen molar-refractivity contribution in [2.24, 2.45) is 10.9 Å². The summed E-state index contributed by atoms with van der Waals surface area (Å²) in [5, 5.41) is 6.59. The van der Waals surface area contributed by atoms with Crippen LogP contribution in [0.15, 0.2) is 23.2 Å². The number of nitrogens with one attached hydrogen (secondary N) is 2. The number of methoxy groups -OCH3 is 1. The molecule has 0 unspecified atom stereocenters. The maximum atomic E-state index is 5.79. The van der Waals surface area contributed by atoms with Gasteiger partial charge in [-0.15, -0.1) is 24.0 Å². The van der Waals surface area contributed by atoms with Crippen molar-refractivity contribution in [3.8, 4) is 5.88 Å². The molecule has 1 aromatic heterocycles. The lowest BCUT2D eigenvalue weighted by Gasteiger charge is -2.21. The van der Waals surface area contributed by atoms with Crippen LogP contribution in [0.1, 0.15) is 31.9 Å². The van der Waals surface area contributed by atoms with Gasteiger partial charge >= 0.3 is 0 Å². The number of nitrogens with zero attached hydrogens (tertiary/aromatic N) is 2. The van der Waals surface area contributed by atoms with Crippen LogP contribution in [-0.4, -0.2) is 57.6 Å². The van der Waals surface area contributed by atoms with E-state index in [4.69, 9.17) is 14.2 Å². The summed E-state index contributed by atoms with van der Waals surface area (Å²) in [5.41, 5.74) is 0.876. The topological polar surface area (TPSA) is 77.0 Å². The highest BCUT2D eigenvalue weighted by Gasteiger charge is 2.13. The number of aliphatic imine (C=N–C) groups is 1. The molecule has 0 aliphatic carbocycles. The Bertz CT molecular complexity index is 539. The highest BCUT2D eigenvalue weighted by Crippen LogP contribution is 2.14. The van der Waals surface area contributed by atoms with Crippen molar-refractivity contribution in [3.05, 3.63) is 23.9 Å². The van der Waals surface area contributed by atoms with Gasteiger partial charge in [0.25, 0.3) is 0 Å². The first-order chi connectivity index (χ1) is 12.8. The molecule has 2 rings (SSSR count). The summed E-state index contributed by atoms with van der Waals surface area (Å²) in [6.45, 7) is 7.56. The first-order valence-corrected chi connectivity index (χ1v) is 9.49. The quantitative estimate of drug-likeness (QED) is 0.226. The van der Waals surface area contributed by atoms with E-state index < -0.39 is 0 Å². The second kappa shape index (κ2) is 14.9. The molecule has 27 heavy (non-hydrogen) atoms. The highest BCUT2D eigenvalue weighted by molar-refractivity contribution is 14.0. The van der Waals surface area contributed by atoms with Gasteiger partial charge < -0.3 is 24.8 Å². The van der Waals surface area contributed by atoms with Crippen LogP contribution < -0.4 is 15.4 Å². The lowest BCUT2D eigenvalue weighted by molar-refractivity contribution is 0.0203. The van der Waals surface area contributed by atoms with Crippen molar-refractivity contribution >= 4 is 29.9 Å². The SMILES string of the molecule is CCNC(=NCc1cccc(OC)n1)NCCCOCC1CCOCC1.I. The largest absolute Gasteiger partial charge is 0.481 e. The monoisotopic (exact) mass is 492 g/mol. The molecule has 0 saturated carbocycles. The van der Waals surface area contributed by atoms with Crippen molar-refractivity contribution in [1.82, 2.24) is 15.6 Å². The zero-order valence-electron chi connectivity index (χ0n) is 16.4. The van der Waals surface area contributed by atoms with Gasteiger partial charge in [-0.05, 0) is 38.2 Å². The number of halogens is 1. The van der Waals surface area contributed by atoms with Gasteiger partial charge in [-0.1, -0.05) is 6.07 Å². The Morgan fingerprint density at radius 2 is 2.11 bits per heavy atom. The lowest BCUT2D eigenvalue weighted by Crippen LogP contribution is -2.38. The summed E-state index contributed by atoms with van der Waals surface area (Å²) in [4.78, 5) is 8.95. The number of pyridine rings is 1. The summed E-state index contributed by atoms with van der Waals surface area (Å²) in [5.74, 6) is 2.06. The van der Waals surface area contributed by atoms with Gasteiger partial charge in [-0.3, -0.25) is 0 Å². The summed E-state index contributed by atoms with van der Waals surface area (Å²) >= 11 is 0. The van der Waals surface area contributed by atoms with Gasteiger partial charge in [-0.25, -0.2) is 9.98 Å². The number of aromatic nitrogens is 1. The van der Waals surface area contributed by atoms with E-state index >= 15 is 0 Å². The number of hydrogen-bond acceptors (Lipinski definition) is 5. The van der Waals surface area contributed by atoms with Crippen LogP contribution in [0, 0.1) is 5.92 Å². The number of rotatable bonds is 10. The molecule has 0 spiro atoms. The zero-order chi connectivity index (χ0) is 18.5. The van der Waals surface area contributed by atoms with Gasteiger partial charge in [0.2, 0.25) is 5.88 Å². The van der Waals surface area contributed by atoms with E-state index in [0.717, 1.165) is 70.4 Å². The minimum atomic E-state index is 0. The average molecular weight is 492 g/mol. The van der Waals surface area contributed by atoms with Gasteiger partial charge in [0.05, 0.1) is 19.3 Å². The average Bonchev–Trinajstić information content (AvgIpc) is 2.69. The van der Waals surface area contributed by atoms with Crippen LogP contribution >= 0.6 is 24.0 Å². The molecule has 2 N–H and O–H groups in total. The van der Waals surface area contributed by atoms with E-state index in [-0.39, 0.29) is 24.0 Å². The van der Waals surface area contributed by atoms with Crippen molar-refractivity contribution in [3.63, 3.8) is 0 Å². The fraction of sp³-hybridized carbons (Fsp3) is 0.684. The Morgan fingerprint density at radius 3 is 2.85 bits per heavy atom. The molecule has 2 heterocycles. The fourth-order valence-electron chi connectivity index (χ4n) is 2.71. The van der Waals surface area contributed by atoms with Crippen molar-refractivity contribution in [2.75, 3.05) is 46.6 Å². The van der Waals surface area contributed by atoms with Crippen molar-refractivity contribution in [1.29, 1.82) is 0 Å². The Morgan fingerprint density at radius 1 is 1.30 bits per heavy atom. The smallest absolute Gasteiger partial charge is 0.213 e. The van der Waals surface area contributed by atoms with Crippen molar-refractivity contribution in [2.45, 2.75) is 32.7 Å². The Labute approximate surface area is 179 Å². The summed E-state index contributed by atoms with van der Waals surface area (Å²) in [6, 6.07) is 5.70. The standard InChI is InChI=1S/C19H32N4O3.HI/c1-3-20-19(22-14-17-6-4-7-18(23-17)24-2)21-10-5-11-26-15-16-8-12-25-13-9-16;/h4,6-7,16H,3,5,8-15H2,1-2H3,(H2,20,21,22);1H. The molecule has 0 aromatic carbocycles. The molecule has 0 atom stereocenters. The molecule has 154 valence electrons.